The number of aliphatic carboxylic acids is 2. The Balaban J connectivity index is 0. The first kappa shape index (κ1) is 24.8. The molecule has 0 amide bonds. The van der Waals surface area contributed by atoms with Gasteiger partial charge in [-0.3, -0.25) is 9.69 Å². The van der Waals surface area contributed by atoms with E-state index in [0.29, 0.717) is 6.54 Å². The number of rotatable bonds is 15. The van der Waals surface area contributed by atoms with Gasteiger partial charge in [-0.2, -0.15) is 0 Å². The van der Waals surface area contributed by atoms with E-state index in [-0.39, 0.29) is 64.5 Å². The van der Waals surface area contributed by atoms with Gasteiger partial charge in [0.15, 0.2) is 0 Å². The van der Waals surface area contributed by atoms with Crippen LogP contribution in [0.1, 0.15) is 71.1 Å². The summed E-state index contributed by atoms with van der Waals surface area (Å²) in [6.07, 6.45) is 12.1. The second-order valence-electron chi connectivity index (χ2n) is 5.66. The quantitative estimate of drug-likeness (QED) is 0.307. The van der Waals surface area contributed by atoms with Gasteiger partial charge >= 0.3 is 57.4 Å². The van der Waals surface area contributed by atoms with Crippen molar-refractivity contribution in [2.24, 2.45) is 0 Å². The van der Waals surface area contributed by atoms with Crippen LogP contribution in [0.2, 0.25) is 0 Å². The van der Waals surface area contributed by atoms with Gasteiger partial charge in [0.25, 0.3) is 0 Å². The third-order valence-corrected chi connectivity index (χ3v) is 3.54. The Kier molecular flexibility index (Phi) is 20.1. The normalized spacial score (nSPS) is 10.5. The second-order valence-corrected chi connectivity index (χ2v) is 5.66. The van der Waals surface area contributed by atoms with Crippen LogP contribution in [0, 0.1) is 0 Å². The number of carbonyl (C=O) groups is 2. The van der Waals surface area contributed by atoms with Gasteiger partial charge in [0, 0.05) is 6.54 Å². The fourth-order valence-electron chi connectivity index (χ4n) is 2.41. The number of hydrogen-bond acceptors (Lipinski definition) is 4. The van der Waals surface area contributed by atoms with Crippen molar-refractivity contribution < 1.29 is 71.2 Å². The number of unbranched alkanes of at least 4 members (excludes halogenated alkanes) is 9. The van der Waals surface area contributed by atoms with Gasteiger partial charge < -0.3 is 15.0 Å². The average Bonchev–Trinajstić information content (AvgIpc) is 2.39. The van der Waals surface area contributed by atoms with E-state index in [1.54, 1.807) is 0 Å². The molecule has 0 radical (unpaired) electrons. The molecule has 1 N–H and O–H groups in total. The SMILES string of the molecule is CCCCCCCCCCCCN(CC(=O)[O-])CC(=O)O.[K+]. The summed E-state index contributed by atoms with van der Waals surface area (Å²) in [6, 6.07) is 0. The van der Waals surface area contributed by atoms with Crippen molar-refractivity contribution in [1.29, 1.82) is 0 Å². The molecule has 0 aromatic heterocycles. The van der Waals surface area contributed by atoms with E-state index in [1.165, 1.54) is 49.8 Å². The van der Waals surface area contributed by atoms with E-state index in [0.717, 1.165) is 19.3 Å². The van der Waals surface area contributed by atoms with Crippen LogP contribution in [0.15, 0.2) is 0 Å². The first-order chi connectivity index (χ1) is 10.1. The molecule has 0 heterocycles. The Morgan fingerprint density at radius 3 is 1.73 bits per heavy atom. The first-order valence-corrected chi connectivity index (χ1v) is 8.20. The third-order valence-electron chi connectivity index (χ3n) is 3.54. The van der Waals surface area contributed by atoms with E-state index in [1.807, 2.05) is 0 Å². The molecule has 0 unspecified atom stereocenters. The summed E-state index contributed by atoms with van der Waals surface area (Å²) in [4.78, 5) is 22.6. The fraction of sp³-hybridized carbons (Fsp3) is 0.875. The summed E-state index contributed by atoms with van der Waals surface area (Å²) in [5, 5.41) is 19.2. The molecule has 0 aromatic rings. The molecule has 22 heavy (non-hydrogen) atoms. The number of nitrogens with zero attached hydrogens (tertiary/aromatic N) is 1. The minimum absolute atomic E-state index is 0. The zero-order valence-corrected chi connectivity index (χ0v) is 17.4. The van der Waals surface area contributed by atoms with E-state index in [4.69, 9.17) is 5.11 Å². The maximum Gasteiger partial charge on any atom is 1.00 e. The average molecular weight is 340 g/mol. The maximum absolute atomic E-state index is 10.6. The van der Waals surface area contributed by atoms with Crippen LogP contribution >= 0.6 is 0 Å². The Bertz CT molecular complexity index is 271. The van der Waals surface area contributed by atoms with Crippen molar-refractivity contribution in [3.8, 4) is 0 Å². The third kappa shape index (κ3) is 18.6. The van der Waals surface area contributed by atoms with Crippen LogP contribution in [0.25, 0.3) is 0 Å². The van der Waals surface area contributed by atoms with Gasteiger partial charge in [0.1, 0.15) is 0 Å². The van der Waals surface area contributed by atoms with Gasteiger partial charge in [0.05, 0.1) is 12.5 Å². The summed E-state index contributed by atoms with van der Waals surface area (Å²) in [5.74, 6) is -2.22. The van der Waals surface area contributed by atoms with E-state index >= 15 is 0 Å². The Morgan fingerprint density at radius 2 is 1.32 bits per heavy atom. The Labute approximate surface area is 177 Å². The van der Waals surface area contributed by atoms with E-state index in [9.17, 15) is 14.7 Å². The van der Waals surface area contributed by atoms with Crippen molar-refractivity contribution in [2.45, 2.75) is 71.1 Å². The van der Waals surface area contributed by atoms with Crippen molar-refractivity contribution in [1.82, 2.24) is 4.90 Å². The van der Waals surface area contributed by atoms with Gasteiger partial charge in [-0.25, -0.2) is 0 Å². The molecule has 0 spiro atoms. The Morgan fingerprint density at radius 1 is 0.864 bits per heavy atom. The summed E-state index contributed by atoms with van der Waals surface area (Å²) in [5.41, 5.74) is 0. The van der Waals surface area contributed by atoms with Crippen molar-refractivity contribution in [3.63, 3.8) is 0 Å². The van der Waals surface area contributed by atoms with Crippen LogP contribution < -0.4 is 56.5 Å². The summed E-state index contributed by atoms with van der Waals surface area (Å²) in [6.45, 7) is 2.19. The largest absolute Gasteiger partial charge is 1.00 e. The number of carboxylic acids is 2. The monoisotopic (exact) mass is 339 g/mol. The maximum atomic E-state index is 10.6. The fourth-order valence-corrected chi connectivity index (χ4v) is 2.41. The Hall–Kier alpha value is 0.536. The van der Waals surface area contributed by atoms with Crippen LogP contribution in [-0.4, -0.2) is 41.6 Å². The van der Waals surface area contributed by atoms with Crippen molar-refractivity contribution >= 4 is 11.9 Å². The number of hydrogen-bond donors (Lipinski definition) is 1. The molecular formula is C16H30KNO4. The van der Waals surface area contributed by atoms with E-state index in [2.05, 4.69) is 6.92 Å². The number of carbonyl (C=O) groups excluding carboxylic acids is 1. The van der Waals surface area contributed by atoms with E-state index < -0.39 is 11.9 Å². The topological polar surface area (TPSA) is 80.7 Å². The summed E-state index contributed by atoms with van der Waals surface area (Å²) >= 11 is 0. The van der Waals surface area contributed by atoms with Crippen LogP contribution in [0.3, 0.4) is 0 Å². The van der Waals surface area contributed by atoms with Crippen LogP contribution in [-0.2, 0) is 9.59 Å². The predicted molar refractivity (Wildman–Crippen MR) is 80.9 cm³/mol. The molecular weight excluding hydrogens is 309 g/mol. The summed E-state index contributed by atoms with van der Waals surface area (Å²) < 4.78 is 0. The molecule has 0 aliphatic heterocycles. The molecule has 0 aliphatic carbocycles. The zero-order chi connectivity index (χ0) is 15.9. The molecule has 0 aromatic carbocycles. The molecule has 0 aliphatic rings. The molecule has 0 fully saturated rings. The molecule has 0 rings (SSSR count). The second kappa shape index (κ2) is 17.9. The molecule has 0 bridgehead atoms. The molecule has 0 saturated carbocycles. The standard InChI is InChI=1S/C16H31NO4.K/c1-2-3-4-5-6-7-8-9-10-11-12-17(13-15(18)19)14-16(20)21;/h2-14H2,1H3,(H,18,19)(H,20,21);/q;+1/p-1. The molecule has 5 nitrogen and oxygen atoms in total. The first-order valence-electron chi connectivity index (χ1n) is 8.20. The van der Waals surface area contributed by atoms with Gasteiger partial charge in [-0.15, -0.1) is 0 Å². The molecule has 124 valence electrons. The van der Waals surface area contributed by atoms with Gasteiger partial charge in [0.2, 0.25) is 0 Å². The van der Waals surface area contributed by atoms with Crippen LogP contribution in [0.4, 0.5) is 0 Å². The molecule has 0 saturated heterocycles. The van der Waals surface area contributed by atoms with Crippen molar-refractivity contribution in [2.75, 3.05) is 19.6 Å². The minimum atomic E-state index is -1.22. The van der Waals surface area contributed by atoms with Gasteiger partial charge in [-0.1, -0.05) is 64.7 Å². The van der Waals surface area contributed by atoms with Crippen molar-refractivity contribution in [3.05, 3.63) is 0 Å². The molecule has 6 heteroatoms. The predicted octanol–water partition coefficient (Wildman–Crippen LogP) is -0.952. The number of carboxylic acid groups (broad SMARTS) is 2. The van der Waals surface area contributed by atoms with Crippen LogP contribution in [0.5, 0.6) is 0 Å². The molecule has 0 atom stereocenters. The zero-order valence-electron chi connectivity index (χ0n) is 14.3. The smallest absolute Gasteiger partial charge is 0.549 e. The minimum Gasteiger partial charge on any atom is -0.549 e. The van der Waals surface area contributed by atoms with Gasteiger partial charge in [-0.05, 0) is 13.0 Å². The summed E-state index contributed by atoms with van der Waals surface area (Å²) in [7, 11) is 0.